The number of nitrogen functional groups attached to an aromatic ring is 1. The Kier molecular flexibility index (Phi) is 9.33. The monoisotopic (exact) mass is 604 g/mol. The number of amides is 3. The molecule has 2 aliphatic rings. The standard InChI is InChI=1S/C30H32N6O4S2/c31-28(32)21-9-6-20(7-10-21)14-23(27(39)30-33-12-13-42-30)34-29(40)24-18-41-17-22-15-35(16-26(38)36(22)24)25(37)11-8-19-4-2-1-3-5-19/h1-7,9-10,12-13,22-24H,8,11,14-18H2,(H3,31,32)(H,34,40)/t22-,23?,24+/m1/s1. The van der Waals surface area contributed by atoms with Crippen LogP contribution in [0.15, 0.2) is 66.2 Å². The fourth-order valence-electron chi connectivity index (χ4n) is 5.29. The van der Waals surface area contributed by atoms with Crippen molar-refractivity contribution in [3.05, 3.63) is 87.9 Å². The highest BCUT2D eigenvalue weighted by Gasteiger charge is 2.44. The third-order valence-electron chi connectivity index (χ3n) is 7.47. The molecule has 3 atom stereocenters. The highest BCUT2D eigenvalue weighted by Crippen LogP contribution is 2.27. The van der Waals surface area contributed by atoms with Gasteiger partial charge in [0.25, 0.3) is 0 Å². The maximum Gasteiger partial charge on any atom is 0.244 e. The van der Waals surface area contributed by atoms with Gasteiger partial charge >= 0.3 is 0 Å². The first-order chi connectivity index (χ1) is 20.3. The van der Waals surface area contributed by atoms with Crippen LogP contribution in [-0.2, 0) is 27.2 Å². The number of benzene rings is 2. The van der Waals surface area contributed by atoms with Crippen molar-refractivity contribution in [1.82, 2.24) is 20.1 Å². The lowest BCUT2D eigenvalue weighted by atomic mass is 10.00. The number of Topliss-reactive ketones (excluding diaryl/α,β-unsaturated/α-hetero) is 1. The molecule has 2 fully saturated rings. The van der Waals surface area contributed by atoms with Crippen LogP contribution in [0.25, 0.3) is 0 Å². The zero-order valence-electron chi connectivity index (χ0n) is 22.9. The molecule has 0 aliphatic carbocycles. The highest BCUT2D eigenvalue weighted by atomic mass is 32.2. The van der Waals surface area contributed by atoms with Crippen molar-refractivity contribution < 1.29 is 19.2 Å². The van der Waals surface area contributed by atoms with Gasteiger partial charge < -0.3 is 20.9 Å². The van der Waals surface area contributed by atoms with Gasteiger partial charge in [-0.2, -0.15) is 11.8 Å². The molecule has 1 unspecified atom stereocenters. The van der Waals surface area contributed by atoms with Gasteiger partial charge in [0.1, 0.15) is 11.9 Å². The molecule has 2 aromatic carbocycles. The van der Waals surface area contributed by atoms with E-state index in [-0.39, 0.29) is 47.4 Å². The van der Waals surface area contributed by atoms with Gasteiger partial charge in [-0.1, -0.05) is 54.6 Å². The molecule has 218 valence electrons. The van der Waals surface area contributed by atoms with Crippen LogP contribution in [0, 0.1) is 5.41 Å². The number of nitrogens with zero attached hydrogens (tertiary/aromatic N) is 3. The molecule has 10 nitrogen and oxygen atoms in total. The minimum Gasteiger partial charge on any atom is -0.384 e. The number of ketones is 1. The zero-order chi connectivity index (χ0) is 29.6. The molecule has 2 saturated heterocycles. The quantitative estimate of drug-likeness (QED) is 0.182. The van der Waals surface area contributed by atoms with Gasteiger partial charge in [-0.05, 0) is 17.5 Å². The summed E-state index contributed by atoms with van der Waals surface area (Å²) in [6.07, 6.45) is 2.67. The van der Waals surface area contributed by atoms with Crippen molar-refractivity contribution in [3.63, 3.8) is 0 Å². The van der Waals surface area contributed by atoms with E-state index in [0.717, 1.165) is 11.1 Å². The van der Waals surface area contributed by atoms with Crippen molar-refractivity contribution in [2.75, 3.05) is 24.6 Å². The van der Waals surface area contributed by atoms with Crippen molar-refractivity contribution in [2.24, 2.45) is 5.73 Å². The summed E-state index contributed by atoms with van der Waals surface area (Å²) >= 11 is 2.76. The molecule has 42 heavy (non-hydrogen) atoms. The van der Waals surface area contributed by atoms with Gasteiger partial charge in [-0.3, -0.25) is 24.6 Å². The molecule has 0 bridgehead atoms. The summed E-state index contributed by atoms with van der Waals surface area (Å²) in [7, 11) is 0. The lowest BCUT2D eigenvalue weighted by Gasteiger charge is -2.47. The third kappa shape index (κ3) is 6.88. The van der Waals surface area contributed by atoms with Gasteiger partial charge in [-0.15, -0.1) is 11.3 Å². The average Bonchev–Trinajstić information content (AvgIpc) is 3.55. The third-order valence-corrected chi connectivity index (χ3v) is 9.43. The largest absolute Gasteiger partial charge is 0.384 e. The Morgan fingerprint density at radius 1 is 1.07 bits per heavy atom. The van der Waals surface area contributed by atoms with E-state index < -0.39 is 18.0 Å². The van der Waals surface area contributed by atoms with Crippen LogP contribution >= 0.6 is 23.1 Å². The second-order valence-corrected chi connectivity index (χ2v) is 12.3. The fourth-order valence-corrected chi connectivity index (χ4v) is 7.13. The number of nitrogens with one attached hydrogen (secondary N) is 2. The van der Waals surface area contributed by atoms with Gasteiger partial charge in [0.15, 0.2) is 5.01 Å². The predicted molar refractivity (Wildman–Crippen MR) is 163 cm³/mol. The first kappa shape index (κ1) is 29.5. The number of aromatic nitrogens is 1. The minimum absolute atomic E-state index is 0.0581. The number of nitrogens with two attached hydrogens (primary N) is 1. The topological polar surface area (TPSA) is 150 Å². The molecule has 3 aromatic rings. The van der Waals surface area contributed by atoms with Crippen LogP contribution in [0.1, 0.15) is 32.9 Å². The molecule has 2 aliphatic heterocycles. The van der Waals surface area contributed by atoms with E-state index in [2.05, 4.69) is 10.3 Å². The zero-order valence-corrected chi connectivity index (χ0v) is 24.5. The number of carbonyl (C=O) groups is 4. The number of aryl methyl sites for hydroxylation is 1. The summed E-state index contributed by atoms with van der Waals surface area (Å²) in [5, 5.41) is 12.5. The van der Waals surface area contributed by atoms with Gasteiger partial charge in [-0.25, -0.2) is 4.98 Å². The first-order valence-corrected chi connectivity index (χ1v) is 15.7. The molecule has 4 N–H and O–H groups in total. The maximum absolute atomic E-state index is 13.7. The fraction of sp³-hybridized carbons (Fsp3) is 0.333. The van der Waals surface area contributed by atoms with Crippen molar-refractivity contribution in [2.45, 2.75) is 37.4 Å². The van der Waals surface area contributed by atoms with E-state index >= 15 is 0 Å². The molecule has 3 heterocycles. The highest BCUT2D eigenvalue weighted by molar-refractivity contribution is 7.99. The Hall–Kier alpha value is -4.03. The number of fused-ring (bicyclic) bond motifs is 1. The number of hydrogen-bond acceptors (Lipinski definition) is 8. The average molecular weight is 605 g/mol. The van der Waals surface area contributed by atoms with Crippen LogP contribution in [0.5, 0.6) is 0 Å². The number of rotatable bonds is 10. The Morgan fingerprint density at radius 2 is 1.83 bits per heavy atom. The maximum atomic E-state index is 13.7. The second-order valence-electron chi connectivity index (χ2n) is 10.3. The Morgan fingerprint density at radius 3 is 2.52 bits per heavy atom. The Balaban J connectivity index is 1.26. The predicted octanol–water partition coefficient (Wildman–Crippen LogP) is 2.12. The molecule has 1 aromatic heterocycles. The van der Waals surface area contributed by atoms with Gasteiger partial charge in [0.2, 0.25) is 23.5 Å². The normalized spacial score (nSPS) is 19.1. The summed E-state index contributed by atoms with van der Waals surface area (Å²) in [4.78, 5) is 60.8. The molecule has 0 saturated carbocycles. The van der Waals surface area contributed by atoms with Crippen molar-refractivity contribution >= 4 is 52.4 Å². The lowest BCUT2D eigenvalue weighted by Crippen LogP contribution is -2.67. The molecular weight excluding hydrogens is 573 g/mol. The van der Waals surface area contributed by atoms with Crippen LogP contribution in [0.4, 0.5) is 0 Å². The van der Waals surface area contributed by atoms with Crippen molar-refractivity contribution in [1.29, 1.82) is 5.41 Å². The Bertz CT molecular complexity index is 1450. The molecule has 5 rings (SSSR count). The molecule has 12 heteroatoms. The summed E-state index contributed by atoms with van der Waals surface area (Å²) in [5.41, 5.74) is 7.98. The SMILES string of the molecule is N=C(N)c1ccc(CC(NC(=O)[C@@H]2CSC[C@H]3CN(C(=O)CCc4ccccc4)CC(=O)N32)C(=O)c2nccs2)cc1. The smallest absolute Gasteiger partial charge is 0.244 e. The molecular formula is C30H32N6O4S2. The van der Waals surface area contributed by atoms with Crippen LogP contribution in [0.3, 0.4) is 0 Å². The number of amidine groups is 1. The second kappa shape index (κ2) is 13.3. The van der Waals surface area contributed by atoms with Crippen LogP contribution in [0.2, 0.25) is 0 Å². The van der Waals surface area contributed by atoms with Crippen LogP contribution < -0.4 is 11.1 Å². The number of piperazine rings is 1. The van der Waals surface area contributed by atoms with E-state index in [4.69, 9.17) is 11.1 Å². The Labute approximate surface area is 252 Å². The van der Waals surface area contributed by atoms with E-state index in [1.165, 1.54) is 11.3 Å². The van der Waals surface area contributed by atoms with E-state index in [9.17, 15) is 19.2 Å². The number of hydrogen-bond donors (Lipinski definition) is 3. The summed E-state index contributed by atoms with van der Waals surface area (Å²) in [5.74, 6) is -0.0782. The summed E-state index contributed by atoms with van der Waals surface area (Å²) in [6, 6.07) is 14.8. The van der Waals surface area contributed by atoms with E-state index in [0.29, 0.717) is 36.5 Å². The van der Waals surface area contributed by atoms with E-state index in [1.807, 2.05) is 30.3 Å². The van der Waals surface area contributed by atoms with E-state index in [1.54, 1.807) is 57.4 Å². The number of carbonyl (C=O) groups excluding carboxylic acids is 4. The molecule has 0 radical (unpaired) electrons. The lowest BCUT2D eigenvalue weighted by molar-refractivity contribution is -0.153. The summed E-state index contributed by atoms with van der Waals surface area (Å²) in [6.45, 7) is 0.308. The number of thioether (sulfide) groups is 1. The van der Waals surface area contributed by atoms with Gasteiger partial charge in [0.05, 0.1) is 18.6 Å². The molecule has 0 spiro atoms. The number of thiazole rings is 1. The first-order valence-electron chi connectivity index (χ1n) is 13.7. The van der Waals surface area contributed by atoms with Gasteiger partial charge in [0, 0.05) is 48.0 Å². The molecule has 3 amide bonds. The van der Waals surface area contributed by atoms with Crippen LogP contribution in [-0.4, -0.2) is 86.8 Å². The summed E-state index contributed by atoms with van der Waals surface area (Å²) < 4.78 is 0. The minimum atomic E-state index is -0.895. The van der Waals surface area contributed by atoms with Crippen molar-refractivity contribution in [3.8, 4) is 0 Å².